The topological polar surface area (TPSA) is 53.1 Å². The van der Waals surface area contributed by atoms with Crippen LogP contribution in [0.25, 0.3) is 0 Å². The van der Waals surface area contributed by atoms with E-state index in [2.05, 4.69) is 18.5 Å². The van der Waals surface area contributed by atoms with E-state index in [1.165, 1.54) is 0 Å². The minimum atomic E-state index is 0.0455. The molecule has 2 heterocycles. The smallest absolute Gasteiger partial charge is 0.253 e. The van der Waals surface area contributed by atoms with Crippen LogP contribution in [0.4, 0.5) is 0 Å². The number of piperazine rings is 1. The lowest BCUT2D eigenvalue weighted by Gasteiger charge is -2.34. The standard InChI is InChI=1S/C23H33N3O3/c1-3-16-29-21-8-4-7-20(17-21)23(28)26-11-5-6-19(18-26)9-10-22(27)25-14-12-24(2)13-15-25/h3-4,7-8,17,19H,1,5-6,9-16,18H2,2H3/t19-/m0/s1. The van der Waals surface area contributed by atoms with Gasteiger partial charge in [-0.25, -0.2) is 0 Å². The number of amides is 2. The number of benzene rings is 1. The Balaban J connectivity index is 1.50. The number of carbonyl (C=O) groups excluding carboxylic acids is 2. The molecule has 3 rings (SSSR count). The molecular formula is C23H33N3O3. The van der Waals surface area contributed by atoms with Crippen molar-refractivity contribution in [1.82, 2.24) is 14.7 Å². The number of likely N-dealkylation sites (N-methyl/N-ethyl adjacent to an activating group) is 1. The molecule has 2 saturated heterocycles. The molecule has 6 heteroatoms. The molecule has 1 aromatic rings. The highest BCUT2D eigenvalue weighted by Gasteiger charge is 2.26. The lowest BCUT2D eigenvalue weighted by atomic mass is 9.92. The molecule has 0 N–H and O–H groups in total. The van der Waals surface area contributed by atoms with Gasteiger partial charge in [-0.2, -0.15) is 0 Å². The summed E-state index contributed by atoms with van der Waals surface area (Å²) in [5.74, 6) is 1.38. The molecule has 0 aromatic heterocycles. The van der Waals surface area contributed by atoms with Gasteiger partial charge >= 0.3 is 0 Å². The van der Waals surface area contributed by atoms with E-state index >= 15 is 0 Å². The Kier molecular flexibility index (Phi) is 7.69. The van der Waals surface area contributed by atoms with Gasteiger partial charge in [-0.1, -0.05) is 18.7 Å². The van der Waals surface area contributed by atoms with Crippen LogP contribution >= 0.6 is 0 Å². The highest BCUT2D eigenvalue weighted by atomic mass is 16.5. The van der Waals surface area contributed by atoms with Crippen LogP contribution in [0.3, 0.4) is 0 Å². The third-order valence-electron chi connectivity index (χ3n) is 5.88. The zero-order valence-electron chi connectivity index (χ0n) is 17.5. The highest BCUT2D eigenvalue weighted by Crippen LogP contribution is 2.24. The van der Waals surface area contributed by atoms with Crippen molar-refractivity contribution < 1.29 is 14.3 Å². The molecule has 158 valence electrons. The Bertz CT molecular complexity index is 713. The quantitative estimate of drug-likeness (QED) is 0.662. The van der Waals surface area contributed by atoms with Gasteiger partial charge in [-0.3, -0.25) is 9.59 Å². The fourth-order valence-electron chi connectivity index (χ4n) is 4.08. The summed E-state index contributed by atoms with van der Waals surface area (Å²) in [7, 11) is 2.09. The van der Waals surface area contributed by atoms with Crippen molar-refractivity contribution in [2.45, 2.75) is 25.7 Å². The average molecular weight is 400 g/mol. The predicted molar refractivity (Wildman–Crippen MR) is 114 cm³/mol. The van der Waals surface area contributed by atoms with Crippen LogP contribution in [0.15, 0.2) is 36.9 Å². The summed E-state index contributed by atoms with van der Waals surface area (Å²) in [6, 6.07) is 7.33. The maximum atomic E-state index is 13.0. The van der Waals surface area contributed by atoms with Crippen molar-refractivity contribution >= 4 is 11.8 Å². The molecule has 2 aliphatic rings. The number of carbonyl (C=O) groups is 2. The second-order valence-corrected chi connectivity index (χ2v) is 8.11. The Morgan fingerprint density at radius 1 is 1.17 bits per heavy atom. The maximum Gasteiger partial charge on any atom is 0.253 e. The van der Waals surface area contributed by atoms with Gasteiger partial charge in [0, 0.05) is 51.3 Å². The van der Waals surface area contributed by atoms with Crippen LogP contribution in [0.5, 0.6) is 5.75 Å². The number of rotatable bonds is 7. The minimum absolute atomic E-state index is 0.0455. The number of piperidine rings is 1. The van der Waals surface area contributed by atoms with E-state index in [4.69, 9.17) is 4.74 Å². The predicted octanol–water partition coefficient (Wildman–Crippen LogP) is 2.66. The molecule has 2 aliphatic heterocycles. The number of hydrogen-bond acceptors (Lipinski definition) is 4. The average Bonchev–Trinajstić information content (AvgIpc) is 2.76. The lowest BCUT2D eigenvalue weighted by molar-refractivity contribution is -0.133. The van der Waals surface area contributed by atoms with Gasteiger partial charge in [0.25, 0.3) is 5.91 Å². The van der Waals surface area contributed by atoms with Gasteiger partial charge in [-0.05, 0) is 50.4 Å². The first-order valence-corrected chi connectivity index (χ1v) is 10.7. The molecule has 29 heavy (non-hydrogen) atoms. The summed E-state index contributed by atoms with van der Waals surface area (Å²) >= 11 is 0. The molecule has 0 saturated carbocycles. The zero-order chi connectivity index (χ0) is 20.6. The van der Waals surface area contributed by atoms with Crippen molar-refractivity contribution in [3.8, 4) is 5.75 Å². The molecule has 0 unspecified atom stereocenters. The van der Waals surface area contributed by atoms with Crippen molar-refractivity contribution in [3.63, 3.8) is 0 Å². The van der Waals surface area contributed by atoms with Crippen molar-refractivity contribution in [2.75, 3.05) is 52.9 Å². The largest absolute Gasteiger partial charge is 0.490 e. The fraction of sp³-hybridized carbons (Fsp3) is 0.565. The summed E-state index contributed by atoms with van der Waals surface area (Å²) in [6.07, 6.45) is 5.21. The Labute approximate surface area is 174 Å². The minimum Gasteiger partial charge on any atom is -0.490 e. The van der Waals surface area contributed by atoms with Gasteiger partial charge < -0.3 is 19.4 Å². The Hall–Kier alpha value is -2.34. The summed E-state index contributed by atoms with van der Waals surface area (Å²) in [5.41, 5.74) is 0.653. The molecular weight excluding hydrogens is 366 g/mol. The Morgan fingerprint density at radius 3 is 2.72 bits per heavy atom. The maximum absolute atomic E-state index is 13.0. The summed E-state index contributed by atoms with van der Waals surface area (Å²) in [6.45, 7) is 9.14. The first kappa shape index (κ1) is 21.4. The van der Waals surface area contributed by atoms with E-state index in [9.17, 15) is 9.59 Å². The number of ether oxygens (including phenoxy) is 1. The lowest BCUT2D eigenvalue weighted by Crippen LogP contribution is -2.47. The van der Waals surface area contributed by atoms with Crippen molar-refractivity contribution in [2.24, 2.45) is 5.92 Å². The van der Waals surface area contributed by atoms with E-state index in [1.807, 2.05) is 28.0 Å². The number of nitrogens with zero attached hydrogens (tertiary/aromatic N) is 3. The first-order chi connectivity index (χ1) is 14.1. The van der Waals surface area contributed by atoms with E-state index < -0.39 is 0 Å². The van der Waals surface area contributed by atoms with Gasteiger partial charge in [-0.15, -0.1) is 0 Å². The van der Waals surface area contributed by atoms with Crippen LogP contribution in [-0.2, 0) is 4.79 Å². The third kappa shape index (κ3) is 6.07. The van der Waals surface area contributed by atoms with E-state index in [0.717, 1.165) is 58.5 Å². The van der Waals surface area contributed by atoms with Crippen molar-refractivity contribution in [1.29, 1.82) is 0 Å². The summed E-state index contributed by atoms with van der Waals surface area (Å²) < 4.78 is 5.55. The van der Waals surface area contributed by atoms with Gasteiger partial charge in [0.15, 0.2) is 0 Å². The third-order valence-corrected chi connectivity index (χ3v) is 5.88. The molecule has 2 fully saturated rings. The van der Waals surface area contributed by atoms with Crippen LogP contribution in [0.1, 0.15) is 36.0 Å². The van der Waals surface area contributed by atoms with E-state index in [0.29, 0.717) is 30.3 Å². The zero-order valence-corrected chi connectivity index (χ0v) is 17.5. The van der Waals surface area contributed by atoms with Gasteiger partial charge in [0.05, 0.1) is 0 Å². The second-order valence-electron chi connectivity index (χ2n) is 8.11. The molecule has 1 aromatic carbocycles. The van der Waals surface area contributed by atoms with Crippen LogP contribution < -0.4 is 4.74 Å². The normalized spacial score (nSPS) is 20.4. The van der Waals surface area contributed by atoms with Crippen molar-refractivity contribution in [3.05, 3.63) is 42.5 Å². The molecule has 6 nitrogen and oxygen atoms in total. The Morgan fingerprint density at radius 2 is 1.97 bits per heavy atom. The molecule has 0 radical (unpaired) electrons. The molecule has 1 atom stereocenters. The number of likely N-dealkylation sites (tertiary alicyclic amines) is 1. The molecule has 2 amide bonds. The van der Waals surface area contributed by atoms with Gasteiger partial charge in [0.1, 0.15) is 12.4 Å². The first-order valence-electron chi connectivity index (χ1n) is 10.7. The molecule has 0 spiro atoms. The van der Waals surface area contributed by atoms with Crippen LogP contribution in [0, 0.1) is 5.92 Å². The highest BCUT2D eigenvalue weighted by molar-refractivity contribution is 5.94. The van der Waals surface area contributed by atoms with E-state index in [1.54, 1.807) is 12.1 Å². The molecule has 0 bridgehead atoms. The summed E-state index contributed by atoms with van der Waals surface area (Å²) in [4.78, 5) is 31.6. The number of hydrogen-bond donors (Lipinski definition) is 0. The SMILES string of the molecule is C=CCOc1cccc(C(=O)N2CCC[C@@H](CCC(=O)N3CCN(C)CC3)C2)c1. The summed E-state index contributed by atoms with van der Waals surface area (Å²) in [5, 5.41) is 0. The molecule has 0 aliphatic carbocycles. The van der Waals surface area contributed by atoms with E-state index in [-0.39, 0.29) is 11.8 Å². The second kappa shape index (κ2) is 10.4. The van der Waals surface area contributed by atoms with Crippen LogP contribution in [-0.4, -0.2) is 79.4 Å². The fourth-order valence-corrected chi connectivity index (χ4v) is 4.08. The van der Waals surface area contributed by atoms with Crippen LogP contribution in [0.2, 0.25) is 0 Å². The van der Waals surface area contributed by atoms with Gasteiger partial charge in [0.2, 0.25) is 5.91 Å². The monoisotopic (exact) mass is 399 g/mol.